The minimum absolute atomic E-state index is 0. The molecule has 1 amide bonds. The molecule has 6 heteroatoms. The lowest BCUT2D eigenvalue weighted by atomic mass is 10.2. The van der Waals surface area contributed by atoms with Crippen molar-refractivity contribution in [2.75, 3.05) is 13.7 Å². The van der Waals surface area contributed by atoms with E-state index in [-0.39, 0.29) is 24.9 Å². The molecule has 1 aliphatic carbocycles. The van der Waals surface area contributed by atoms with Gasteiger partial charge in [-0.25, -0.2) is 0 Å². The van der Waals surface area contributed by atoms with Crippen LogP contribution in [0.4, 0.5) is 0 Å². The first kappa shape index (κ1) is 15.4. The SMILES string of the molecule is COC(CN)C(=O)N(Cc1cccs1)C1CC1.Cl. The second-order valence-corrected chi connectivity index (χ2v) is 5.27. The van der Waals surface area contributed by atoms with Crippen molar-refractivity contribution in [3.05, 3.63) is 22.4 Å². The van der Waals surface area contributed by atoms with Crippen molar-refractivity contribution in [1.29, 1.82) is 0 Å². The van der Waals surface area contributed by atoms with Crippen LogP contribution in [0.15, 0.2) is 17.5 Å². The van der Waals surface area contributed by atoms with Gasteiger partial charge in [0.05, 0.1) is 6.54 Å². The fraction of sp³-hybridized carbons (Fsp3) is 0.583. The largest absolute Gasteiger partial charge is 0.370 e. The highest BCUT2D eigenvalue weighted by Crippen LogP contribution is 2.29. The van der Waals surface area contributed by atoms with E-state index in [1.54, 1.807) is 11.3 Å². The molecule has 18 heavy (non-hydrogen) atoms. The summed E-state index contributed by atoms with van der Waals surface area (Å²) in [5, 5.41) is 2.03. The van der Waals surface area contributed by atoms with Gasteiger partial charge in [-0.1, -0.05) is 6.07 Å². The Balaban J connectivity index is 0.00000162. The molecule has 4 nitrogen and oxygen atoms in total. The van der Waals surface area contributed by atoms with Crippen molar-refractivity contribution < 1.29 is 9.53 Å². The molecular formula is C12H19ClN2O2S. The lowest BCUT2D eigenvalue weighted by molar-refractivity contribution is -0.142. The molecule has 102 valence electrons. The van der Waals surface area contributed by atoms with Crippen LogP contribution in [0.3, 0.4) is 0 Å². The van der Waals surface area contributed by atoms with E-state index in [1.807, 2.05) is 16.3 Å². The highest BCUT2D eigenvalue weighted by Gasteiger charge is 2.35. The Labute approximate surface area is 118 Å². The Bertz CT molecular complexity index is 364. The Kier molecular flexibility index (Phi) is 6.08. The van der Waals surface area contributed by atoms with Crippen LogP contribution in [0.2, 0.25) is 0 Å². The summed E-state index contributed by atoms with van der Waals surface area (Å²) in [5.74, 6) is 0.0194. The zero-order chi connectivity index (χ0) is 12.3. The van der Waals surface area contributed by atoms with Crippen LogP contribution in [0, 0.1) is 0 Å². The number of carbonyl (C=O) groups excluding carboxylic acids is 1. The van der Waals surface area contributed by atoms with Crippen LogP contribution in [-0.4, -0.2) is 36.6 Å². The normalized spacial score (nSPS) is 15.9. The molecule has 1 aromatic rings. The van der Waals surface area contributed by atoms with Crippen LogP contribution >= 0.6 is 23.7 Å². The van der Waals surface area contributed by atoms with Crippen LogP contribution in [0.5, 0.6) is 0 Å². The summed E-state index contributed by atoms with van der Waals surface area (Å²) in [6, 6.07) is 4.44. The third-order valence-corrected chi connectivity index (χ3v) is 3.81. The molecule has 0 aromatic carbocycles. The second-order valence-electron chi connectivity index (χ2n) is 4.24. The van der Waals surface area contributed by atoms with Crippen LogP contribution in [-0.2, 0) is 16.1 Å². The molecule has 1 atom stereocenters. The lowest BCUT2D eigenvalue weighted by Crippen LogP contribution is -2.44. The van der Waals surface area contributed by atoms with Crippen LogP contribution in [0.1, 0.15) is 17.7 Å². The first-order valence-corrected chi connectivity index (χ1v) is 6.70. The smallest absolute Gasteiger partial charge is 0.253 e. The summed E-state index contributed by atoms with van der Waals surface area (Å²) >= 11 is 1.67. The number of nitrogens with two attached hydrogens (primary N) is 1. The van der Waals surface area contributed by atoms with E-state index >= 15 is 0 Å². The van der Waals surface area contributed by atoms with Gasteiger partial charge in [-0.3, -0.25) is 4.79 Å². The van der Waals surface area contributed by atoms with Crippen molar-refractivity contribution in [3.8, 4) is 0 Å². The lowest BCUT2D eigenvalue weighted by Gasteiger charge is -2.25. The molecule has 0 spiro atoms. The fourth-order valence-corrected chi connectivity index (χ4v) is 2.53. The van der Waals surface area contributed by atoms with E-state index in [4.69, 9.17) is 10.5 Å². The predicted octanol–water partition coefficient (Wildman–Crippen LogP) is 1.63. The molecule has 1 heterocycles. The van der Waals surface area contributed by atoms with Gasteiger partial charge in [0, 0.05) is 24.6 Å². The number of thiophene rings is 1. The summed E-state index contributed by atoms with van der Waals surface area (Å²) in [4.78, 5) is 15.4. The van der Waals surface area contributed by atoms with Gasteiger partial charge in [0.25, 0.3) is 5.91 Å². The second kappa shape index (κ2) is 7.09. The molecule has 2 rings (SSSR count). The zero-order valence-electron chi connectivity index (χ0n) is 10.4. The Morgan fingerprint density at radius 3 is 2.83 bits per heavy atom. The van der Waals surface area contributed by atoms with Crippen molar-refractivity contribution in [1.82, 2.24) is 4.90 Å². The molecule has 1 fully saturated rings. The molecule has 0 radical (unpaired) electrons. The average Bonchev–Trinajstić information content (AvgIpc) is 3.05. The number of hydrogen-bond acceptors (Lipinski definition) is 4. The van der Waals surface area contributed by atoms with E-state index < -0.39 is 6.10 Å². The van der Waals surface area contributed by atoms with E-state index in [2.05, 4.69) is 6.07 Å². The number of hydrogen-bond donors (Lipinski definition) is 1. The standard InChI is InChI=1S/C12H18N2O2S.ClH/c1-16-11(7-13)12(15)14(9-4-5-9)8-10-3-2-6-17-10;/h2-3,6,9,11H,4-5,7-8,13H2,1H3;1H. The summed E-state index contributed by atoms with van der Waals surface area (Å²) < 4.78 is 5.13. The topological polar surface area (TPSA) is 55.6 Å². The van der Waals surface area contributed by atoms with E-state index in [0.29, 0.717) is 12.6 Å². The third-order valence-electron chi connectivity index (χ3n) is 2.95. The third kappa shape index (κ3) is 3.68. The van der Waals surface area contributed by atoms with Crippen LogP contribution in [0.25, 0.3) is 0 Å². The summed E-state index contributed by atoms with van der Waals surface area (Å²) in [6.45, 7) is 0.921. The van der Waals surface area contributed by atoms with Gasteiger partial charge in [-0.15, -0.1) is 23.7 Å². The van der Waals surface area contributed by atoms with Crippen molar-refractivity contribution in [3.63, 3.8) is 0 Å². The Morgan fingerprint density at radius 2 is 2.39 bits per heavy atom. The molecule has 0 aliphatic heterocycles. The number of halogens is 1. The number of rotatable bonds is 6. The number of nitrogens with zero attached hydrogens (tertiary/aromatic N) is 1. The molecule has 1 aliphatic rings. The molecule has 1 aromatic heterocycles. The number of carbonyl (C=O) groups is 1. The van der Waals surface area contributed by atoms with Crippen molar-refractivity contribution >= 4 is 29.7 Å². The highest BCUT2D eigenvalue weighted by molar-refractivity contribution is 7.09. The Hall–Kier alpha value is -0.620. The van der Waals surface area contributed by atoms with Gasteiger partial charge in [-0.2, -0.15) is 0 Å². The monoisotopic (exact) mass is 290 g/mol. The maximum atomic E-state index is 12.2. The summed E-state index contributed by atoms with van der Waals surface area (Å²) in [7, 11) is 1.53. The summed E-state index contributed by atoms with van der Waals surface area (Å²) in [5.41, 5.74) is 5.55. The average molecular weight is 291 g/mol. The predicted molar refractivity (Wildman–Crippen MR) is 75.0 cm³/mol. The molecule has 2 N–H and O–H groups in total. The fourth-order valence-electron chi connectivity index (χ4n) is 1.83. The van der Waals surface area contributed by atoms with Gasteiger partial charge in [0.15, 0.2) is 0 Å². The van der Waals surface area contributed by atoms with Crippen molar-refractivity contribution in [2.45, 2.75) is 31.5 Å². The molecule has 0 bridgehead atoms. The maximum absolute atomic E-state index is 12.2. The molecule has 1 saturated carbocycles. The van der Waals surface area contributed by atoms with Gasteiger partial charge in [-0.05, 0) is 24.3 Å². The maximum Gasteiger partial charge on any atom is 0.253 e. The number of amides is 1. The molecular weight excluding hydrogens is 272 g/mol. The van der Waals surface area contributed by atoms with Gasteiger partial charge in [0.2, 0.25) is 0 Å². The first-order valence-electron chi connectivity index (χ1n) is 5.82. The first-order chi connectivity index (χ1) is 8.26. The number of ether oxygens (including phenoxy) is 1. The molecule has 0 saturated heterocycles. The van der Waals surface area contributed by atoms with E-state index in [9.17, 15) is 4.79 Å². The van der Waals surface area contributed by atoms with Gasteiger partial charge in [0.1, 0.15) is 6.10 Å². The van der Waals surface area contributed by atoms with E-state index in [0.717, 1.165) is 12.8 Å². The minimum atomic E-state index is -0.504. The number of methoxy groups -OCH3 is 1. The Morgan fingerprint density at radius 1 is 1.67 bits per heavy atom. The van der Waals surface area contributed by atoms with Crippen LogP contribution < -0.4 is 5.73 Å². The van der Waals surface area contributed by atoms with E-state index in [1.165, 1.54) is 12.0 Å². The zero-order valence-corrected chi connectivity index (χ0v) is 12.0. The van der Waals surface area contributed by atoms with Gasteiger partial charge < -0.3 is 15.4 Å². The quantitative estimate of drug-likeness (QED) is 0.866. The van der Waals surface area contributed by atoms with Crippen molar-refractivity contribution in [2.24, 2.45) is 5.73 Å². The molecule has 1 unspecified atom stereocenters. The minimum Gasteiger partial charge on any atom is -0.370 e. The van der Waals surface area contributed by atoms with Gasteiger partial charge >= 0.3 is 0 Å². The highest BCUT2D eigenvalue weighted by atomic mass is 35.5. The summed E-state index contributed by atoms with van der Waals surface area (Å²) in [6.07, 6.45) is 1.69.